The van der Waals surface area contributed by atoms with Gasteiger partial charge < -0.3 is 14.5 Å². The van der Waals surface area contributed by atoms with E-state index in [1.807, 2.05) is 42.5 Å². The highest BCUT2D eigenvalue weighted by atomic mass is 19.1. The molecule has 5 rings (SSSR count). The van der Waals surface area contributed by atoms with Gasteiger partial charge in [-0.3, -0.25) is 4.79 Å². The molecular formula is C24H18FN5O3. The van der Waals surface area contributed by atoms with E-state index >= 15 is 0 Å². The first-order valence-corrected chi connectivity index (χ1v) is 10.1. The molecule has 0 aliphatic carbocycles. The number of amides is 1. The molecule has 0 saturated heterocycles. The number of benzene rings is 3. The molecule has 1 amide bonds. The van der Waals surface area contributed by atoms with Gasteiger partial charge in [-0.1, -0.05) is 30.3 Å². The number of halogens is 1. The van der Waals surface area contributed by atoms with E-state index in [1.54, 1.807) is 13.0 Å². The van der Waals surface area contributed by atoms with Crippen molar-refractivity contribution in [3.63, 3.8) is 0 Å². The number of tetrazole rings is 1. The second-order valence-corrected chi connectivity index (χ2v) is 7.32. The van der Waals surface area contributed by atoms with Crippen LogP contribution in [0.3, 0.4) is 0 Å². The molecule has 33 heavy (non-hydrogen) atoms. The van der Waals surface area contributed by atoms with Gasteiger partial charge in [0.25, 0.3) is 5.91 Å². The summed E-state index contributed by atoms with van der Waals surface area (Å²) in [5, 5.41) is 15.9. The van der Waals surface area contributed by atoms with Crippen molar-refractivity contribution in [2.24, 2.45) is 0 Å². The molecule has 1 N–H and O–H groups in total. The van der Waals surface area contributed by atoms with Crippen LogP contribution < -0.4 is 10.1 Å². The Morgan fingerprint density at radius 2 is 1.91 bits per heavy atom. The Morgan fingerprint density at radius 3 is 2.73 bits per heavy atom. The lowest BCUT2D eigenvalue weighted by atomic mass is 10.1. The molecule has 0 bridgehead atoms. The molecule has 5 aromatic rings. The quantitative estimate of drug-likeness (QED) is 0.409. The number of aryl methyl sites for hydroxylation is 1. The van der Waals surface area contributed by atoms with Crippen LogP contribution in [0.4, 0.5) is 10.1 Å². The lowest BCUT2D eigenvalue weighted by Gasteiger charge is -2.08. The first-order chi connectivity index (χ1) is 16.1. The summed E-state index contributed by atoms with van der Waals surface area (Å²) in [6.45, 7) is 1.86. The summed E-state index contributed by atoms with van der Waals surface area (Å²) in [5.74, 6) is 0.539. The monoisotopic (exact) mass is 443 g/mol. The molecule has 0 unspecified atom stereocenters. The normalized spacial score (nSPS) is 11.0. The van der Waals surface area contributed by atoms with Crippen LogP contribution in [0.2, 0.25) is 0 Å². The molecule has 0 aliphatic heterocycles. The largest absolute Gasteiger partial charge is 0.486 e. The Labute approximate surface area is 187 Å². The Hall–Kier alpha value is -4.53. The Kier molecular flexibility index (Phi) is 5.27. The summed E-state index contributed by atoms with van der Waals surface area (Å²) in [7, 11) is 0. The van der Waals surface area contributed by atoms with Crippen LogP contribution in [0.15, 0.2) is 77.2 Å². The maximum atomic E-state index is 14.3. The van der Waals surface area contributed by atoms with Gasteiger partial charge in [-0.2, -0.15) is 4.68 Å². The lowest BCUT2D eigenvalue weighted by Crippen LogP contribution is -2.13. The fraction of sp³-hybridized carbons (Fsp3) is 0.0833. The molecule has 0 fully saturated rings. The van der Waals surface area contributed by atoms with Crippen molar-refractivity contribution in [2.75, 3.05) is 5.32 Å². The fourth-order valence-corrected chi connectivity index (χ4v) is 3.38. The van der Waals surface area contributed by atoms with E-state index in [-0.39, 0.29) is 18.1 Å². The zero-order valence-electron chi connectivity index (χ0n) is 17.5. The van der Waals surface area contributed by atoms with Gasteiger partial charge in [-0.15, -0.1) is 5.10 Å². The molecule has 0 atom stereocenters. The minimum atomic E-state index is -0.593. The van der Waals surface area contributed by atoms with Gasteiger partial charge in [0.05, 0.1) is 11.4 Å². The van der Waals surface area contributed by atoms with Crippen LogP contribution in [-0.4, -0.2) is 26.1 Å². The number of furan rings is 1. The molecule has 8 nitrogen and oxygen atoms in total. The summed E-state index contributed by atoms with van der Waals surface area (Å²) in [6, 6.07) is 21.1. The highest BCUT2D eigenvalue weighted by molar-refractivity contribution is 6.02. The predicted octanol–water partition coefficient (Wildman–Crippen LogP) is 4.69. The lowest BCUT2D eigenvalue weighted by molar-refractivity contribution is 0.0992. The van der Waals surface area contributed by atoms with Crippen LogP contribution in [0.1, 0.15) is 22.1 Å². The number of carbonyl (C=O) groups excluding carboxylic acids is 1. The highest BCUT2D eigenvalue weighted by Gasteiger charge is 2.15. The number of aromatic nitrogens is 4. The summed E-state index contributed by atoms with van der Waals surface area (Å²) >= 11 is 0. The molecule has 164 valence electrons. The van der Waals surface area contributed by atoms with E-state index in [2.05, 4.69) is 20.8 Å². The van der Waals surface area contributed by atoms with Crippen molar-refractivity contribution in [3.8, 4) is 11.4 Å². The van der Waals surface area contributed by atoms with Gasteiger partial charge >= 0.3 is 0 Å². The SMILES string of the molecule is Cc1nnnn1-c1ccc(F)c(NC(=O)c2ccc(COc3ccc4ccccc4c3)o2)c1. The number of nitrogens with zero attached hydrogens (tertiary/aromatic N) is 4. The van der Waals surface area contributed by atoms with Crippen molar-refractivity contribution < 1.29 is 18.3 Å². The maximum absolute atomic E-state index is 14.3. The van der Waals surface area contributed by atoms with E-state index in [9.17, 15) is 9.18 Å². The van der Waals surface area contributed by atoms with Crippen LogP contribution in [-0.2, 0) is 6.61 Å². The third-order valence-electron chi connectivity index (χ3n) is 5.06. The van der Waals surface area contributed by atoms with E-state index in [0.29, 0.717) is 23.0 Å². The van der Waals surface area contributed by atoms with Crippen molar-refractivity contribution in [1.29, 1.82) is 0 Å². The zero-order valence-corrected chi connectivity index (χ0v) is 17.5. The molecule has 0 spiro atoms. The highest BCUT2D eigenvalue weighted by Crippen LogP contribution is 2.23. The molecule has 3 aromatic carbocycles. The van der Waals surface area contributed by atoms with Crippen LogP contribution in [0, 0.1) is 12.7 Å². The van der Waals surface area contributed by atoms with E-state index < -0.39 is 11.7 Å². The predicted molar refractivity (Wildman–Crippen MR) is 119 cm³/mol. The summed E-state index contributed by atoms with van der Waals surface area (Å²) in [4.78, 5) is 12.6. The molecule has 9 heteroatoms. The minimum Gasteiger partial charge on any atom is -0.486 e. The van der Waals surface area contributed by atoms with Gasteiger partial charge in [0.2, 0.25) is 0 Å². The molecule has 0 aliphatic rings. The Balaban J connectivity index is 1.27. The van der Waals surface area contributed by atoms with Gasteiger partial charge in [0.1, 0.15) is 23.9 Å². The number of carbonyl (C=O) groups is 1. The van der Waals surface area contributed by atoms with Gasteiger partial charge in [0, 0.05) is 0 Å². The van der Waals surface area contributed by atoms with Crippen molar-refractivity contribution in [1.82, 2.24) is 20.2 Å². The number of rotatable bonds is 6. The van der Waals surface area contributed by atoms with Crippen molar-refractivity contribution in [3.05, 3.63) is 96.0 Å². The van der Waals surface area contributed by atoms with Gasteiger partial charge in [-0.05, 0) is 70.6 Å². The van der Waals surface area contributed by atoms with Crippen LogP contribution >= 0.6 is 0 Å². The first-order valence-electron chi connectivity index (χ1n) is 10.1. The van der Waals surface area contributed by atoms with Gasteiger partial charge in [-0.25, -0.2) is 4.39 Å². The number of hydrogen-bond acceptors (Lipinski definition) is 6. The van der Waals surface area contributed by atoms with Crippen LogP contribution in [0.25, 0.3) is 16.5 Å². The smallest absolute Gasteiger partial charge is 0.291 e. The second-order valence-electron chi connectivity index (χ2n) is 7.32. The zero-order chi connectivity index (χ0) is 22.8. The number of ether oxygens (including phenoxy) is 1. The average molecular weight is 443 g/mol. The minimum absolute atomic E-state index is 0.0160. The van der Waals surface area contributed by atoms with E-state index in [4.69, 9.17) is 9.15 Å². The standard InChI is InChI=1S/C24H18FN5O3/c1-15-27-28-29-30(15)18-7-10-21(25)22(13-18)26-24(31)23-11-9-20(33-23)14-32-19-8-6-16-4-2-3-5-17(16)12-19/h2-13H,14H2,1H3,(H,26,31). The topological polar surface area (TPSA) is 95.1 Å². The molecule has 2 aromatic heterocycles. The molecule has 0 saturated carbocycles. The second kappa shape index (κ2) is 8.54. The van der Waals surface area contributed by atoms with Crippen molar-refractivity contribution >= 4 is 22.4 Å². The number of nitrogens with one attached hydrogen (secondary N) is 1. The average Bonchev–Trinajstić information content (AvgIpc) is 3.48. The molecule has 0 radical (unpaired) electrons. The number of fused-ring (bicyclic) bond motifs is 1. The van der Waals surface area contributed by atoms with E-state index in [0.717, 1.165) is 10.8 Å². The molecular weight excluding hydrogens is 425 g/mol. The first kappa shape index (κ1) is 20.4. The van der Waals surface area contributed by atoms with Crippen molar-refractivity contribution in [2.45, 2.75) is 13.5 Å². The summed E-state index contributed by atoms with van der Waals surface area (Å²) in [5.41, 5.74) is 0.496. The Bertz CT molecular complexity index is 1460. The van der Waals surface area contributed by atoms with Gasteiger partial charge in [0.15, 0.2) is 11.6 Å². The third kappa shape index (κ3) is 4.29. The third-order valence-corrected chi connectivity index (χ3v) is 5.06. The van der Waals surface area contributed by atoms with E-state index in [1.165, 1.54) is 28.9 Å². The number of anilines is 1. The Morgan fingerprint density at radius 1 is 1.06 bits per heavy atom. The summed E-state index contributed by atoms with van der Waals surface area (Å²) < 4.78 is 27.1. The molecule has 2 heterocycles. The number of hydrogen-bond donors (Lipinski definition) is 1. The summed E-state index contributed by atoms with van der Waals surface area (Å²) in [6.07, 6.45) is 0. The fourth-order valence-electron chi connectivity index (χ4n) is 3.38. The van der Waals surface area contributed by atoms with Crippen LogP contribution in [0.5, 0.6) is 5.75 Å². The maximum Gasteiger partial charge on any atom is 0.291 e.